The summed E-state index contributed by atoms with van der Waals surface area (Å²) in [5.74, 6) is -0.305. The van der Waals surface area contributed by atoms with Gasteiger partial charge in [-0.2, -0.15) is 0 Å². The van der Waals surface area contributed by atoms with Crippen molar-refractivity contribution in [3.63, 3.8) is 0 Å². The largest absolute Gasteiger partial charge is 0.463 e. The Balaban J connectivity index is 0.00000256. The molecule has 2 N–H and O–H groups in total. The van der Waals surface area contributed by atoms with Gasteiger partial charge in [0.25, 0.3) is 0 Å². The van der Waals surface area contributed by atoms with Crippen LogP contribution in [0.3, 0.4) is 0 Å². The molecule has 1 aromatic carbocycles. The van der Waals surface area contributed by atoms with Crippen LogP contribution in [-0.2, 0) is 9.53 Å². The number of carbonyl (C=O) groups is 1. The van der Waals surface area contributed by atoms with E-state index in [2.05, 4.69) is 0 Å². The molecule has 94 valence electrons. The molecule has 0 radical (unpaired) electrons. The first-order chi connectivity index (χ1) is 7.83. The van der Waals surface area contributed by atoms with E-state index in [-0.39, 0.29) is 18.4 Å². The topological polar surface area (TPSA) is 52.3 Å². The van der Waals surface area contributed by atoms with Crippen LogP contribution >= 0.6 is 12.4 Å². The third-order valence-corrected chi connectivity index (χ3v) is 2.05. The van der Waals surface area contributed by atoms with E-state index in [1.807, 2.05) is 30.3 Å². The SMILES string of the molecule is Cl.NCCCCOC(=O)/C=C/c1ccccc1. The number of hydrogen-bond donors (Lipinski definition) is 1. The van der Waals surface area contributed by atoms with Crippen molar-refractivity contribution in [2.24, 2.45) is 5.73 Å². The summed E-state index contributed by atoms with van der Waals surface area (Å²) in [4.78, 5) is 11.2. The van der Waals surface area contributed by atoms with Crippen molar-refractivity contribution in [2.75, 3.05) is 13.2 Å². The number of nitrogens with two attached hydrogens (primary N) is 1. The average Bonchev–Trinajstić information content (AvgIpc) is 2.33. The van der Waals surface area contributed by atoms with Crippen LogP contribution in [0.1, 0.15) is 18.4 Å². The Kier molecular flexibility index (Phi) is 9.11. The van der Waals surface area contributed by atoms with E-state index in [1.54, 1.807) is 6.08 Å². The van der Waals surface area contributed by atoms with Crippen molar-refractivity contribution < 1.29 is 9.53 Å². The van der Waals surface area contributed by atoms with Gasteiger partial charge in [-0.25, -0.2) is 4.79 Å². The second-order valence-corrected chi connectivity index (χ2v) is 3.41. The van der Waals surface area contributed by atoms with Gasteiger partial charge in [0.2, 0.25) is 0 Å². The Morgan fingerprint density at radius 1 is 1.24 bits per heavy atom. The molecule has 0 fully saturated rings. The molecule has 0 aromatic heterocycles. The van der Waals surface area contributed by atoms with Crippen LogP contribution in [0.25, 0.3) is 6.08 Å². The molecule has 3 nitrogen and oxygen atoms in total. The second-order valence-electron chi connectivity index (χ2n) is 3.41. The molecule has 1 aromatic rings. The molecule has 0 unspecified atom stereocenters. The molecular weight excluding hydrogens is 238 g/mol. The van der Waals surface area contributed by atoms with Crippen molar-refractivity contribution in [2.45, 2.75) is 12.8 Å². The number of ether oxygens (including phenoxy) is 1. The lowest BCUT2D eigenvalue weighted by Gasteiger charge is -2.00. The number of halogens is 1. The zero-order valence-corrected chi connectivity index (χ0v) is 10.5. The highest BCUT2D eigenvalue weighted by atomic mass is 35.5. The van der Waals surface area contributed by atoms with E-state index in [0.717, 1.165) is 18.4 Å². The summed E-state index contributed by atoms with van der Waals surface area (Å²) in [5, 5.41) is 0. The summed E-state index contributed by atoms with van der Waals surface area (Å²) in [7, 11) is 0. The fraction of sp³-hybridized carbons (Fsp3) is 0.308. The summed E-state index contributed by atoms with van der Waals surface area (Å²) in [6.07, 6.45) is 4.89. The van der Waals surface area contributed by atoms with E-state index in [4.69, 9.17) is 10.5 Å². The van der Waals surface area contributed by atoms with Crippen molar-refractivity contribution in [3.8, 4) is 0 Å². The molecule has 0 amide bonds. The Bertz CT molecular complexity index is 339. The van der Waals surface area contributed by atoms with Crippen molar-refractivity contribution in [3.05, 3.63) is 42.0 Å². The molecule has 0 spiro atoms. The lowest BCUT2D eigenvalue weighted by atomic mass is 10.2. The average molecular weight is 256 g/mol. The summed E-state index contributed by atoms with van der Waals surface area (Å²) in [5.41, 5.74) is 6.31. The van der Waals surface area contributed by atoms with E-state index in [0.29, 0.717) is 13.2 Å². The fourth-order valence-electron chi connectivity index (χ4n) is 1.20. The van der Waals surface area contributed by atoms with Crippen LogP contribution in [0.15, 0.2) is 36.4 Å². The van der Waals surface area contributed by atoms with Gasteiger partial charge >= 0.3 is 5.97 Å². The van der Waals surface area contributed by atoms with Crippen LogP contribution in [0.2, 0.25) is 0 Å². The van der Waals surface area contributed by atoms with Gasteiger partial charge in [0.1, 0.15) is 0 Å². The minimum atomic E-state index is -0.305. The third kappa shape index (κ3) is 7.55. The molecule has 4 heteroatoms. The lowest BCUT2D eigenvalue weighted by molar-refractivity contribution is -0.137. The summed E-state index contributed by atoms with van der Waals surface area (Å²) >= 11 is 0. The molecule has 0 heterocycles. The third-order valence-electron chi connectivity index (χ3n) is 2.05. The van der Waals surface area contributed by atoms with Crippen molar-refractivity contribution >= 4 is 24.5 Å². The molecule has 1 rings (SSSR count). The number of unbranched alkanes of at least 4 members (excludes halogenated alkanes) is 1. The van der Waals surface area contributed by atoms with Crippen LogP contribution in [0.5, 0.6) is 0 Å². The highest BCUT2D eigenvalue weighted by Gasteiger charge is 1.95. The predicted octanol–water partition coefficient (Wildman–Crippen LogP) is 2.40. The Labute approximate surface area is 108 Å². The van der Waals surface area contributed by atoms with Crippen molar-refractivity contribution in [1.82, 2.24) is 0 Å². The summed E-state index contributed by atoms with van der Waals surface area (Å²) < 4.78 is 4.98. The quantitative estimate of drug-likeness (QED) is 0.483. The maximum Gasteiger partial charge on any atom is 0.330 e. The molecule has 17 heavy (non-hydrogen) atoms. The van der Waals surface area contributed by atoms with Gasteiger partial charge in [0.15, 0.2) is 0 Å². The van der Waals surface area contributed by atoms with Gasteiger partial charge in [-0.15, -0.1) is 12.4 Å². The first kappa shape index (κ1) is 15.7. The Hall–Kier alpha value is -1.32. The van der Waals surface area contributed by atoms with Crippen molar-refractivity contribution in [1.29, 1.82) is 0 Å². The zero-order valence-electron chi connectivity index (χ0n) is 9.67. The van der Waals surface area contributed by atoms with E-state index in [1.165, 1.54) is 6.08 Å². The van der Waals surface area contributed by atoms with Crippen LogP contribution in [-0.4, -0.2) is 19.1 Å². The molecule has 0 saturated heterocycles. The summed E-state index contributed by atoms with van der Waals surface area (Å²) in [6.45, 7) is 1.08. The number of esters is 1. The fourth-order valence-corrected chi connectivity index (χ4v) is 1.20. The molecule has 0 aliphatic carbocycles. The highest BCUT2D eigenvalue weighted by Crippen LogP contribution is 2.01. The van der Waals surface area contributed by atoms with E-state index >= 15 is 0 Å². The number of hydrogen-bond acceptors (Lipinski definition) is 3. The lowest BCUT2D eigenvalue weighted by Crippen LogP contribution is -2.05. The molecule has 0 aliphatic rings. The monoisotopic (exact) mass is 255 g/mol. The van der Waals surface area contributed by atoms with Crippen LogP contribution in [0.4, 0.5) is 0 Å². The van der Waals surface area contributed by atoms with Gasteiger partial charge < -0.3 is 10.5 Å². The van der Waals surface area contributed by atoms with Gasteiger partial charge in [-0.3, -0.25) is 0 Å². The van der Waals surface area contributed by atoms with Crippen LogP contribution in [0, 0.1) is 0 Å². The summed E-state index contributed by atoms with van der Waals surface area (Å²) in [6, 6.07) is 9.64. The van der Waals surface area contributed by atoms with Crippen LogP contribution < -0.4 is 5.73 Å². The Morgan fingerprint density at radius 3 is 2.59 bits per heavy atom. The first-order valence-electron chi connectivity index (χ1n) is 5.43. The maximum absolute atomic E-state index is 11.2. The van der Waals surface area contributed by atoms with E-state index in [9.17, 15) is 4.79 Å². The standard InChI is InChI=1S/C13H17NO2.ClH/c14-10-4-5-11-16-13(15)9-8-12-6-2-1-3-7-12;/h1-3,6-9H,4-5,10-11,14H2;1H/b9-8+;. The van der Waals surface area contributed by atoms with Gasteiger partial charge in [-0.1, -0.05) is 30.3 Å². The highest BCUT2D eigenvalue weighted by molar-refractivity contribution is 5.87. The maximum atomic E-state index is 11.2. The smallest absolute Gasteiger partial charge is 0.330 e. The molecule has 0 saturated carbocycles. The minimum absolute atomic E-state index is 0. The van der Waals surface area contributed by atoms with Gasteiger partial charge in [0, 0.05) is 6.08 Å². The van der Waals surface area contributed by atoms with Gasteiger partial charge in [-0.05, 0) is 31.0 Å². The van der Waals surface area contributed by atoms with Gasteiger partial charge in [0.05, 0.1) is 6.61 Å². The van der Waals surface area contributed by atoms with E-state index < -0.39 is 0 Å². The molecular formula is C13H18ClNO2. The normalized spacial score (nSPS) is 9.94. The Morgan fingerprint density at radius 2 is 1.94 bits per heavy atom. The minimum Gasteiger partial charge on any atom is -0.463 e. The number of rotatable bonds is 6. The zero-order chi connectivity index (χ0) is 11.6. The molecule has 0 atom stereocenters. The predicted molar refractivity (Wildman–Crippen MR) is 72.0 cm³/mol. The first-order valence-corrected chi connectivity index (χ1v) is 5.43. The second kappa shape index (κ2) is 9.87. The molecule has 0 aliphatic heterocycles. The molecule has 0 bridgehead atoms. The number of benzene rings is 1. The number of carbonyl (C=O) groups excluding carboxylic acids is 1.